The van der Waals surface area contributed by atoms with E-state index in [4.69, 9.17) is 4.74 Å². The fraction of sp³-hybridized carbons (Fsp3) is 0.188. The molecule has 0 saturated carbocycles. The van der Waals surface area contributed by atoms with Crippen molar-refractivity contribution in [1.82, 2.24) is 5.32 Å². The van der Waals surface area contributed by atoms with Crippen molar-refractivity contribution in [2.24, 2.45) is 0 Å². The number of nitro benzene ring substituents is 1. The summed E-state index contributed by atoms with van der Waals surface area (Å²) in [5, 5.41) is 16.1. The lowest BCUT2D eigenvalue weighted by molar-refractivity contribution is -0.384. The van der Waals surface area contributed by atoms with Crippen molar-refractivity contribution < 1.29 is 14.5 Å². The highest BCUT2D eigenvalue weighted by atomic mass is 16.6. The number of rotatable bonds is 5. The number of urea groups is 1. The maximum Gasteiger partial charge on any atom is 0.319 e. The molecule has 0 aromatic heterocycles. The molecule has 0 atom stereocenters. The Hall–Kier alpha value is -3.09. The number of anilines is 1. The SMILES string of the molecule is COc1ccc(CNC(=O)Nc2cc([N+](=O)[O-])ccc2C)cc1. The van der Waals surface area contributed by atoms with Crippen LogP contribution >= 0.6 is 0 Å². The van der Waals surface area contributed by atoms with Gasteiger partial charge in [-0.3, -0.25) is 10.1 Å². The number of aryl methyl sites for hydroxylation is 1. The zero-order chi connectivity index (χ0) is 16.8. The normalized spacial score (nSPS) is 10.0. The lowest BCUT2D eigenvalue weighted by Gasteiger charge is -2.10. The molecule has 0 spiro atoms. The number of non-ortho nitro benzene ring substituents is 1. The third-order valence-corrected chi connectivity index (χ3v) is 3.29. The third kappa shape index (κ3) is 4.44. The molecule has 0 saturated heterocycles. The smallest absolute Gasteiger partial charge is 0.319 e. The standard InChI is InChI=1S/C16H17N3O4/c1-11-3-6-13(19(21)22)9-15(11)18-16(20)17-10-12-4-7-14(23-2)8-5-12/h3-9H,10H2,1-2H3,(H2,17,18,20). The second-order valence-corrected chi connectivity index (χ2v) is 4.91. The number of carbonyl (C=O) groups is 1. The van der Waals surface area contributed by atoms with Crippen LogP contribution in [0, 0.1) is 17.0 Å². The van der Waals surface area contributed by atoms with Crippen LogP contribution in [-0.2, 0) is 6.54 Å². The summed E-state index contributed by atoms with van der Waals surface area (Å²) in [7, 11) is 1.59. The minimum atomic E-state index is -0.500. The van der Waals surface area contributed by atoms with Gasteiger partial charge < -0.3 is 15.4 Å². The average molecular weight is 315 g/mol. The van der Waals surface area contributed by atoms with Crippen molar-refractivity contribution in [3.63, 3.8) is 0 Å². The van der Waals surface area contributed by atoms with Gasteiger partial charge in [-0.1, -0.05) is 18.2 Å². The lowest BCUT2D eigenvalue weighted by Crippen LogP contribution is -2.28. The highest BCUT2D eigenvalue weighted by Crippen LogP contribution is 2.21. The molecule has 0 aliphatic rings. The molecule has 2 rings (SSSR count). The lowest BCUT2D eigenvalue weighted by atomic mass is 10.2. The van der Waals surface area contributed by atoms with E-state index in [0.29, 0.717) is 12.2 Å². The fourth-order valence-electron chi connectivity index (χ4n) is 1.95. The minimum absolute atomic E-state index is 0.0685. The van der Waals surface area contributed by atoms with E-state index < -0.39 is 11.0 Å². The maximum absolute atomic E-state index is 11.9. The first-order chi connectivity index (χ1) is 11.0. The van der Waals surface area contributed by atoms with Crippen molar-refractivity contribution in [3.8, 4) is 5.75 Å². The van der Waals surface area contributed by atoms with Gasteiger partial charge in [0.2, 0.25) is 0 Å². The number of ether oxygens (including phenoxy) is 1. The van der Waals surface area contributed by atoms with Crippen LogP contribution in [0.25, 0.3) is 0 Å². The first-order valence-electron chi connectivity index (χ1n) is 6.92. The summed E-state index contributed by atoms with van der Waals surface area (Å²) in [4.78, 5) is 22.2. The fourth-order valence-corrected chi connectivity index (χ4v) is 1.95. The van der Waals surface area contributed by atoms with Crippen molar-refractivity contribution in [2.75, 3.05) is 12.4 Å². The second kappa shape index (κ2) is 7.26. The minimum Gasteiger partial charge on any atom is -0.497 e. The number of amides is 2. The number of hydrogen-bond donors (Lipinski definition) is 2. The summed E-state index contributed by atoms with van der Waals surface area (Å²) >= 11 is 0. The molecule has 0 aliphatic carbocycles. The third-order valence-electron chi connectivity index (χ3n) is 3.29. The summed E-state index contributed by atoms with van der Waals surface area (Å²) in [6, 6.07) is 11.2. The summed E-state index contributed by atoms with van der Waals surface area (Å²) < 4.78 is 5.06. The van der Waals surface area contributed by atoms with Gasteiger partial charge in [0.1, 0.15) is 5.75 Å². The van der Waals surface area contributed by atoms with E-state index in [-0.39, 0.29) is 5.69 Å². The largest absolute Gasteiger partial charge is 0.497 e. The van der Waals surface area contributed by atoms with Crippen LogP contribution in [0.1, 0.15) is 11.1 Å². The van der Waals surface area contributed by atoms with Gasteiger partial charge >= 0.3 is 6.03 Å². The topological polar surface area (TPSA) is 93.5 Å². The molecule has 0 unspecified atom stereocenters. The second-order valence-electron chi connectivity index (χ2n) is 4.91. The van der Waals surface area contributed by atoms with Crippen molar-refractivity contribution in [2.45, 2.75) is 13.5 Å². The number of methoxy groups -OCH3 is 1. The summed E-state index contributed by atoms with van der Waals surface area (Å²) in [5.41, 5.74) is 2.00. The van der Waals surface area contributed by atoms with E-state index in [0.717, 1.165) is 16.9 Å². The first-order valence-corrected chi connectivity index (χ1v) is 6.92. The van der Waals surface area contributed by atoms with E-state index in [1.54, 1.807) is 32.2 Å². The van der Waals surface area contributed by atoms with E-state index in [1.165, 1.54) is 12.1 Å². The van der Waals surface area contributed by atoms with Gasteiger partial charge in [0.05, 0.1) is 17.7 Å². The molecule has 0 fully saturated rings. The van der Waals surface area contributed by atoms with Gasteiger partial charge in [0, 0.05) is 18.7 Å². The molecule has 2 N–H and O–H groups in total. The van der Waals surface area contributed by atoms with E-state index in [1.807, 2.05) is 12.1 Å². The van der Waals surface area contributed by atoms with Crippen LogP contribution in [-0.4, -0.2) is 18.1 Å². The first kappa shape index (κ1) is 16.3. The molecule has 2 aromatic rings. The molecule has 0 radical (unpaired) electrons. The molecule has 7 heteroatoms. The maximum atomic E-state index is 11.9. The predicted octanol–water partition coefficient (Wildman–Crippen LogP) is 3.23. The van der Waals surface area contributed by atoms with Crippen LogP contribution in [0.3, 0.4) is 0 Å². The van der Waals surface area contributed by atoms with Crippen LogP contribution in [0.15, 0.2) is 42.5 Å². The Morgan fingerprint density at radius 2 is 1.91 bits per heavy atom. The quantitative estimate of drug-likeness (QED) is 0.654. The van der Waals surface area contributed by atoms with Crippen molar-refractivity contribution in [3.05, 3.63) is 63.7 Å². The Labute approximate surface area is 133 Å². The van der Waals surface area contributed by atoms with Crippen LogP contribution in [0.5, 0.6) is 5.75 Å². The van der Waals surface area contributed by atoms with E-state index >= 15 is 0 Å². The van der Waals surface area contributed by atoms with Crippen molar-refractivity contribution >= 4 is 17.4 Å². The number of carbonyl (C=O) groups excluding carboxylic acids is 1. The predicted molar refractivity (Wildman–Crippen MR) is 86.7 cm³/mol. The number of nitro groups is 1. The monoisotopic (exact) mass is 315 g/mol. The zero-order valence-electron chi connectivity index (χ0n) is 12.8. The van der Waals surface area contributed by atoms with Gasteiger partial charge in [-0.05, 0) is 30.2 Å². The molecule has 120 valence electrons. The van der Waals surface area contributed by atoms with Crippen LogP contribution < -0.4 is 15.4 Å². The Morgan fingerprint density at radius 1 is 1.22 bits per heavy atom. The highest BCUT2D eigenvalue weighted by Gasteiger charge is 2.10. The van der Waals surface area contributed by atoms with E-state index in [2.05, 4.69) is 10.6 Å². The van der Waals surface area contributed by atoms with Crippen LogP contribution in [0.2, 0.25) is 0 Å². The summed E-state index contributed by atoms with van der Waals surface area (Å²) in [6.45, 7) is 2.10. The zero-order valence-corrected chi connectivity index (χ0v) is 12.8. The van der Waals surface area contributed by atoms with Gasteiger partial charge in [-0.2, -0.15) is 0 Å². The molecular formula is C16H17N3O4. The molecule has 0 aliphatic heterocycles. The molecule has 23 heavy (non-hydrogen) atoms. The highest BCUT2D eigenvalue weighted by molar-refractivity contribution is 5.90. The molecule has 2 amide bonds. The van der Waals surface area contributed by atoms with Gasteiger partial charge in [0.15, 0.2) is 0 Å². The Morgan fingerprint density at radius 3 is 2.52 bits per heavy atom. The molecule has 7 nitrogen and oxygen atoms in total. The number of hydrogen-bond acceptors (Lipinski definition) is 4. The molecule has 2 aromatic carbocycles. The van der Waals surface area contributed by atoms with Crippen LogP contribution in [0.4, 0.5) is 16.2 Å². The Balaban J connectivity index is 1.96. The number of benzene rings is 2. The number of nitrogens with zero attached hydrogens (tertiary/aromatic N) is 1. The van der Waals surface area contributed by atoms with Gasteiger partial charge in [0.25, 0.3) is 5.69 Å². The van der Waals surface area contributed by atoms with Crippen molar-refractivity contribution in [1.29, 1.82) is 0 Å². The summed E-state index contributed by atoms with van der Waals surface area (Å²) in [5.74, 6) is 0.741. The Bertz CT molecular complexity index is 714. The number of nitrogens with one attached hydrogen (secondary N) is 2. The average Bonchev–Trinajstić information content (AvgIpc) is 2.55. The van der Waals surface area contributed by atoms with Gasteiger partial charge in [-0.25, -0.2) is 4.79 Å². The molecule has 0 heterocycles. The molecule has 0 bridgehead atoms. The Kier molecular flexibility index (Phi) is 5.14. The van der Waals surface area contributed by atoms with Gasteiger partial charge in [-0.15, -0.1) is 0 Å². The van der Waals surface area contributed by atoms with E-state index in [9.17, 15) is 14.9 Å². The molecular weight excluding hydrogens is 298 g/mol. The summed E-state index contributed by atoms with van der Waals surface area (Å²) in [6.07, 6.45) is 0.